The molecule has 0 saturated heterocycles. The molecule has 2 nitrogen and oxygen atoms in total. The minimum Gasteiger partial charge on any atom is -0.316 e. The summed E-state index contributed by atoms with van der Waals surface area (Å²) >= 11 is 0. The molecule has 0 aliphatic rings. The molecule has 0 radical (unpaired) electrons. The van der Waals surface area contributed by atoms with Gasteiger partial charge in [-0.15, -0.1) is 0 Å². The molecule has 0 heterocycles. The van der Waals surface area contributed by atoms with Crippen molar-refractivity contribution in [2.75, 3.05) is 19.6 Å². The Morgan fingerprint density at radius 3 is 2.13 bits per heavy atom. The van der Waals surface area contributed by atoms with Crippen LogP contribution in [0.3, 0.4) is 0 Å². The van der Waals surface area contributed by atoms with Crippen LogP contribution >= 0.6 is 0 Å². The van der Waals surface area contributed by atoms with E-state index in [1.807, 2.05) is 0 Å². The summed E-state index contributed by atoms with van der Waals surface area (Å²) in [5.74, 6) is 0. The van der Waals surface area contributed by atoms with Gasteiger partial charge in [-0.3, -0.25) is 0 Å². The summed E-state index contributed by atoms with van der Waals surface area (Å²) in [6, 6.07) is 6.70. The number of aryl methyl sites for hydroxylation is 2. The van der Waals surface area contributed by atoms with E-state index in [0.29, 0.717) is 0 Å². The summed E-state index contributed by atoms with van der Waals surface area (Å²) in [6.45, 7) is 10.5. The number of hydrogen-bond donors (Lipinski definition) is 2. The number of rotatable bonds is 6. The topological polar surface area (TPSA) is 24.1 Å². The van der Waals surface area contributed by atoms with Crippen molar-refractivity contribution >= 4 is 0 Å². The maximum atomic E-state index is 3.43. The minimum atomic E-state index is 0.966. The Kier molecular flexibility index (Phi) is 5.37. The molecule has 0 spiro atoms. The molecule has 84 valence electrons. The van der Waals surface area contributed by atoms with Crippen LogP contribution in [0.15, 0.2) is 18.2 Å². The molecule has 2 N–H and O–H groups in total. The number of nitrogens with one attached hydrogen (secondary N) is 2. The van der Waals surface area contributed by atoms with Crippen molar-refractivity contribution in [3.05, 3.63) is 34.9 Å². The monoisotopic (exact) mass is 206 g/mol. The second-order valence-electron chi connectivity index (χ2n) is 4.03. The lowest BCUT2D eigenvalue weighted by Gasteiger charge is -2.07. The molecule has 0 fully saturated rings. The second-order valence-corrected chi connectivity index (χ2v) is 4.03. The van der Waals surface area contributed by atoms with E-state index in [2.05, 4.69) is 49.6 Å². The van der Waals surface area contributed by atoms with Gasteiger partial charge in [0.2, 0.25) is 0 Å². The maximum absolute atomic E-state index is 3.43. The third kappa shape index (κ3) is 4.96. The van der Waals surface area contributed by atoms with E-state index in [0.717, 1.165) is 26.2 Å². The first kappa shape index (κ1) is 12.2. The van der Waals surface area contributed by atoms with Gasteiger partial charge in [-0.2, -0.15) is 0 Å². The molecular weight excluding hydrogens is 184 g/mol. The van der Waals surface area contributed by atoms with E-state index in [-0.39, 0.29) is 0 Å². The predicted octanol–water partition coefficient (Wildman–Crippen LogP) is 2.00. The summed E-state index contributed by atoms with van der Waals surface area (Å²) in [4.78, 5) is 0. The SMILES string of the molecule is CCNCCNCc1cc(C)cc(C)c1. The molecule has 1 aromatic carbocycles. The molecule has 0 aromatic heterocycles. The lowest BCUT2D eigenvalue weighted by molar-refractivity contribution is 0.624. The van der Waals surface area contributed by atoms with Crippen LogP contribution in [0.2, 0.25) is 0 Å². The highest BCUT2D eigenvalue weighted by Gasteiger charge is 1.95. The van der Waals surface area contributed by atoms with Gasteiger partial charge in [-0.1, -0.05) is 36.2 Å². The van der Waals surface area contributed by atoms with Crippen LogP contribution in [-0.2, 0) is 6.54 Å². The molecule has 0 unspecified atom stereocenters. The van der Waals surface area contributed by atoms with E-state index in [1.165, 1.54) is 16.7 Å². The van der Waals surface area contributed by atoms with Gasteiger partial charge in [0.25, 0.3) is 0 Å². The summed E-state index contributed by atoms with van der Waals surface area (Å²) in [6.07, 6.45) is 0. The molecule has 2 heteroatoms. The molecular formula is C13H22N2. The highest BCUT2D eigenvalue weighted by molar-refractivity contribution is 5.28. The average Bonchev–Trinajstić information content (AvgIpc) is 2.16. The summed E-state index contributed by atoms with van der Waals surface area (Å²) in [5.41, 5.74) is 4.07. The zero-order valence-electron chi connectivity index (χ0n) is 10.1. The van der Waals surface area contributed by atoms with E-state index in [9.17, 15) is 0 Å². The zero-order chi connectivity index (χ0) is 11.1. The van der Waals surface area contributed by atoms with Gasteiger partial charge < -0.3 is 10.6 Å². The standard InChI is InChI=1S/C13H22N2/c1-4-14-5-6-15-10-13-8-11(2)7-12(3)9-13/h7-9,14-15H,4-6,10H2,1-3H3. The third-order valence-corrected chi connectivity index (χ3v) is 2.34. The Labute approximate surface area is 93.1 Å². The highest BCUT2D eigenvalue weighted by Crippen LogP contribution is 2.08. The third-order valence-electron chi connectivity index (χ3n) is 2.34. The Hall–Kier alpha value is -0.860. The van der Waals surface area contributed by atoms with Crippen molar-refractivity contribution < 1.29 is 0 Å². The van der Waals surface area contributed by atoms with Crippen molar-refractivity contribution in [1.29, 1.82) is 0 Å². The van der Waals surface area contributed by atoms with Gasteiger partial charge in [0.15, 0.2) is 0 Å². The van der Waals surface area contributed by atoms with E-state index in [1.54, 1.807) is 0 Å². The van der Waals surface area contributed by atoms with Gasteiger partial charge in [0, 0.05) is 19.6 Å². The second kappa shape index (κ2) is 6.59. The Morgan fingerprint density at radius 1 is 0.933 bits per heavy atom. The van der Waals surface area contributed by atoms with Crippen LogP contribution in [0, 0.1) is 13.8 Å². The van der Waals surface area contributed by atoms with Crippen LogP contribution in [-0.4, -0.2) is 19.6 Å². The van der Waals surface area contributed by atoms with Crippen LogP contribution < -0.4 is 10.6 Å². The molecule has 15 heavy (non-hydrogen) atoms. The molecule has 0 aliphatic heterocycles. The molecule has 1 aromatic rings. The largest absolute Gasteiger partial charge is 0.316 e. The number of hydrogen-bond acceptors (Lipinski definition) is 2. The van der Waals surface area contributed by atoms with E-state index >= 15 is 0 Å². The fourth-order valence-corrected chi connectivity index (χ4v) is 1.76. The summed E-state index contributed by atoms with van der Waals surface area (Å²) in [5, 5.41) is 6.72. The fraction of sp³-hybridized carbons (Fsp3) is 0.538. The quantitative estimate of drug-likeness (QED) is 0.696. The average molecular weight is 206 g/mol. The van der Waals surface area contributed by atoms with Crippen LogP contribution in [0.1, 0.15) is 23.6 Å². The molecule has 0 aliphatic carbocycles. The zero-order valence-corrected chi connectivity index (χ0v) is 10.1. The molecule has 0 saturated carbocycles. The number of likely N-dealkylation sites (N-methyl/N-ethyl adjacent to an activating group) is 1. The van der Waals surface area contributed by atoms with Crippen molar-refractivity contribution in [2.24, 2.45) is 0 Å². The lowest BCUT2D eigenvalue weighted by atomic mass is 10.1. The minimum absolute atomic E-state index is 0.966. The Morgan fingerprint density at radius 2 is 1.53 bits per heavy atom. The normalized spacial score (nSPS) is 10.6. The van der Waals surface area contributed by atoms with Gasteiger partial charge >= 0.3 is 0 Å². The van der Waals surface area contributed by atoms with Crippen molar-refractivity contribution in [3.8, 4) is 0 Å². The van der Waals surface area contributed by atoms with Crippen molar-refractivity contribution in [1.82, 2.24) is 10.6 Å². The van der Waals surface area contributed by atoms with Gasteiger partial charge in [0.1, 0.15) is 0 Å². The van der Waals surface area contributed by atoms with Crippen LogP contribution in [0.5, 0.6) is 0 Å². The van der Waals surface area contributed by atoms with Gasteiger partial charge in [-0.05, 0) is 26.0 Å². The molecule has 0 bridgehead atoms. The van der Waals surface area contributed by atoms with Gasteiger partial charge in [0.05, 0.1) is 0 Å². The van der Waals surface area contributed by atoms with E-state index in [4.69, 9.17) is 0 Å². The number of benzene rings is 1. The Balaban J connectivity index is 2.31. The summed E-state index contributed by atoms with van der Waals surface area (Å²) < 4.78 is 0. The molecule has 0 atom stereocenters. The van der Waals surface area contributed by atoms with Gasteiger partial charge in [-0.25, -0.2) is 0 Å². The first-order valence-corrected chi connectivity index (χ1v) is 5.71. The first-order valence-electron chi connectivity index (χ1n) is 5.71. The lowest BCUT2D eigenvalue weighted by Crippen LogP contribution is -2.26. The predicted molar refractivity (Wildman–Crippen MR) is 66.2 cm³/mol. The maximum Gasteiger partial charge on any atom is 0.0206 e. The molecule has 0 amide bonds. The highest BCUT2D eigenvalue weighted by atomic mass is 14.9. The van der Waals surface area contributed by atoms with Crippen molar-refractivity contribution in [2.45, 2.75) is 27.3 Å². The Bertz CT molecular complexity index is 274. The summed E-state index contributed by atoms with van der Waals surface area (Å²) in [7, 11) is 0. The van der Waals surface area contributed by atoms with Crippen LogP contribution in [0.25, 0.3) is 0 Å². The van der Waals surface area contributed by atoms with E-state index < -0.39 is 0 Å². The fourth-order valence-electron chi connectivity index (χ4n) is 1.76. The first-order chi connectivity index (χ1) is 7.22. The van der Waals surface area contributed by atoms with Crippen molar-refractivity contribution in [3.63, 3.8) is 0 Å². The molecule has 1 rings (SSSR count). The van der Waals surface area contributed by atoms with Crippen LogP contribution in [0.4, 0.5) is 0 Å². The smallest absolute Gasteiger partial charge is 0.0206 e.